The molecule has 10 nitrogen and oxygen atoms in total. The number of carboxylic acids is 1. The van der Waals surface area contributed by atoms with Crippen molar-refractivity contribution in [2.45, 2.75) is 51.4 Å². The van der Waals surface area contributed by atoms with Gasteiger partial charge in [0, 0.05) is 5.75 Å². The van der Waals surface area contributed by atoms with E-state index in [4.69, 9.17) is 10.8 Å². The van der Waals surface area contributed by atoms with Crippen LogP contribution in [0.5, 0.6) is 0 Å². The van der Waals surface area contributed by atoms with Gasteiger partial charge in [-0.3, -0.25) is 14.4 Å². The van der Waals surface area contributed by atoms with Crippen molar-refractivity contribution in [2.75, 3.05) is 12.3 Å². The number of aliphatic carboxylic acids is 1. The van der Waals surface area contributed by atoms with Gasteiger partial charge in [-0.15, -0.1) is 0 Å². The molecule has 0 saturated heterocycles. The zero-order valence-corrected chi connectivity index (χ0v) is 16.0. The summed E-state index contributed by atoms with van der Waals surface area (Å²) in [5.74, 6) is -3.26. The molecule has 0 aliphatic heterocycles. The van der Waals surface area contributed by atoms with Gasteiger partial charge in [0.15, 0.2) is 6.04 Å². The molecule has 0 aromatic rings. The second-order valence-corrected chi connectivity index (χ2v) is 6.69. The van der Waals surface area contributed by atoms with Crippen molar-refractivity contribution in [3.8, 4) is 0 Å². The lowest BCUT2D eigenvalue weighted by atomic mass is 10.0. The van der Waals surface area contributed by atoms with Gasteiger partial charge in [-0.05, 0) is 19.3 Å². The molecule has 0 rings (SSSR count). The molecule has 0 aromatic heterocycles. The monoisotopic (exact) mass is 392 g/mol. The van der Waals surface area contributed by atoms with Crippen LogP contribution in [0, 0.1) is 5.92 Å². The largest absolute Gasteiger partial charge is 0.480 e. The molecule has 0 aliphatic carbocycles. The predicted molar refractivity (Wildman–Crippen MR) is 97.5 cm³/mol. The fraction of sp³-hybridized carbons (Fsp3) is 0.733. The highest BCUT2D eigenvalue weighted by Crippen LogP contribution is 2.02. The van der Waals surface area contributed by atoms with Crippen LogP contribution in [0.2, 0.25) is 0 Å². The van der Waals surface area contributed by atoms with E-state index in [9.17, 15) is 24.3 Å². The first-order valence-electron chi connectivity index (χ1n) is 8.14. The molecule has 11 heteroatoms. The Morgan fingerprint density at radius 3 is 2.08 bits per heavy atom. The maximum Gasteiger partial charge on any atom is 0.328 e. The van der Waals surface area contributed by atoms with Crippen LogP contribution in [0.25, 0.3) is 0 Å². The standard InChI is InChI=1S/C15H28N4O6S/c1-7(2)4-9(16)13(22)17-5-11(21)18-10(6-26)14(23)19-12(8(3)20)15(24)25/h7-10,12,20,26H,4-6,16H2,1-3H3,(H,17,22)(H,18,21)(H,19,23)(H,24,25). The minimum Gasteiger partial charge on any atom is -0.480 e. The van der Waals surface area contributed by atoms with Gasteiger partial charge in [-0.2, -0.15) is 12.6 Å². The van der Waals surface area contributed by atoms with Crippen molar-refractivity contribution in [3.05, 3.63) is 0 Å². The van der Waals surface area contributed by atoms with E-state index in [1.54, 1.807) is 0 Å². The molecule has 0 fully saturated rings. The number of hydrogen-bond donors (Lipinski definition) is 7. The number of amides is 3. The zero-order valence-electron chi connectivity index (χ0n) is 15.1. The Hall–Kier alpha value is -1.85. The molecule has 26 heavy (non-hydrogen) atoms. The zero-order chi connectivity index (χ0) is 20.4. The third-order valence-corrected chi connectivity index (χ3v) is 3.73. The molecule has 0 aromatic carbocycles. The first-order chi connectivity index (χ1) is 12.0. The number of carboxylic acid groups (broad SMARTS) is 1. The highest BCUT2D eigenvalue weighted by Gasteiger charge is 2.29. The SMILES string of the molecule is CC(C)CC(N)C(=O)NCC(=O)NC(CS)C(=O)NC(C(=O)O)C(C)O. The second-order valence-electron chi connectivity index (χ2n) is 6.32. The van der Waals surface area contributed by atoms with E-state index in [1.165, 1.54) is 6.92 Å². The summed E-state index contributed by atoms with van der Waals surface area (Å²) < 4.78 is 0. The van der Waals surface area contributed by atoms with Gasteiger partial charge >= 0.3 is 5.97 Å². The highest BCUT2D eigenvalue weighted by atomic mass is 32.1. The quantitative estimate of drug-likeness (QED) is 0.196. The first kappa shape index (κ1) is 24.1. The summed E-state index contributed by atoms with van der Waals surface area (Å²) >= 11 is 3.94. The lowest BCUT2D eigenvalue weighted by Gasteiger charge is -2.22. The lowest BCUT2D eigenvalue weighted by molar-refractivity contribution is -0.145. The topological polar surface area (TPSA) is 171 Å². The van der Waals surface area contributed by atoms with Gasteiger partial charge in [0.25, 0.3) is 0 Å². The number of carbonyl (C=O) groups excluding carboxylic acids is 3. The van der Waals surface area contributed by atoms with Crippen LogP contribution in [0.4, 0.5) is 0 Å². The van der Waals surface area contributed by atoms with Gasteiger partial charge in [0.05, 0.1) is 18.7 Å². The molecule has 7 N–H and O–H groups in total. The van der Waals surface area contributed by atoms with Gasteiger partial charge in [-0.1, -0.05) is 13.8 Å². The van der Waals surface area contributed by atoms with E-state index >= 15 is 0 Å². The summed E-state index contributed by atoms with van der Waals surface area (Å²) in [4.78, 5) is 46.7. The van der Waals surface area contributed by atoms with Crippen LogP contribution in [-0.4, -0.2) is 70.4 Å². The molecule has 0 aliphatic rings. The Kier molecular flexibility index (Phi) is 10.9. The minimum atomic E-state index is -1.52. The molecule has 0 saturated carbocycles. The number of hydrogen-bond acceptors (Lipinski definition) is 7. The molecular formula is C15H28N4O6S. The Labute approximate surface area is 157 Å². The highest BCUT2D eigenvalue weighted by molar-refractivity contribution is 7.80. The number of aliphatic hydroxyl groups is 1. The van der Waals surface area contributed by atoms with Gasteiger partial charge in [-0.25, -0.2) is 4.79 Å². The average molecular weight is 392 g/mol. The van der Waals surface area contributed by atoms with Crippen LogP contribution >= 0.6 is 12.6 Å². The molecule has 0 radical (unpaired) electrons. The summed E-state index contributed by atoms with van der Waals surface area (Å²) in [6.07, 6.45) is -0.861. The number of carbonyl (C=O) groups is 4. The fourth-order valence-electron chi connectivity index (χ4n) is 2.00. The summed E-state index contributed by atoms with van der Waals surface area (Å²) in [5, 5.41) is 25.1. The van der Waals surface area contributed by atoms with Crippen LogP contribution < -0.4 is 21.7 Å². The normalized spacial score (nSPS) is 15.5. The molecule has 0 heterocycles. The van der Waals surface area contributed by atoms with Gasteiger partial charge in [0.1, 0.15) is 6.04 Å². The summed E-state index contributed by atoms with van der Waals surface area (Å²) in [7, 11) is 0. The van der Waals surface area contributed by atoms with Gasteiger partial charge < -0.3 is 31.9 Å². The van der Waals surface area contributed by atoms with Crippen molar-refractivity contribution in [2.24, 2.45) is 11.7 Å². The summed E-state index contributed by atoms with van der Waals surface area (Å²) in [5.41, 5.74) is 5.69. The van der Waals surface area contributed by atoms with Crippen molar-refractivity contribution in [3.63, 3.8) is 0 Å². The molecule has 150 valence electrons. The van der Waals surface area contributed by atoms with Crippen molar-refractivity contribution in [1.29, 1.82) is 0 Å². The summed E-state index contributed by atoms with van der Waals surface area (Å²) in [6.45, 7) is 4.64. The van der Waals surface area contributed by atoms with Crippen molar-refractivity contribution < 1.29 is 29.4 Å². The van der Waals surface area contributed by atoms with E-state index in [0.717, 1.165) is 0 Å². The van der Waals surface area contributed by atoms with E-state index < -0.39 is 47.9 Å². The molecule has 4 unspecified atom stereocenters. The third kappa shape index (κ3) is 9.02. The number of thiol groups is 1. The number of rotatable bonds is 11. The fourth-order valence-corrected chi connectivity index (χ4v) is 2.25. The van der Waals surface area contributed by atoms with Crippen LogP contribution in [0.3, 0.4) is 0 Å². The average Bonchev–Trinajstić information content (AvgIpc) is 2.53. The van der Waals surface area contributed by atoms with Gasteiger partial charge in [0.2, 0.25) is 17.7 Å². The molecule has 0 spiro atoms. The van der Waals surface area contributed by atoms with Crippen LogP contribution in [0.15, 0.2) is 0 Å². The van der Waals surface area contributed by atoms with Crippen LogP contribution in [0.1, 0.15) is 27.2 Å². The third-order valence-electron chi connectivity index (χ3n) is 3.37. The smallest absolute Gasteiger partial charge is 0.328 e. The van der Waals surface area contributed by atoms with Crippen LogP contribution in [-0.2, 0) is 19.2 Å². The van der Waals surface area contributed by atoms with E-state index in [0.29, 0.717) is 6.42 Å². The maximum atomic E-state index is 12.0. The minimum absolute atomic E-state index is 0.107. The molecule has 4 atom stereocenters. The summed E-state index contributed by atoms with van der Waals surface area (Å²) in [6, 6.07) is -3.39. The van der Waals surface area contributed by atoms with E-state index in [2.05, 4.69) is 28.6 Å². The molecule has 3 amide bonds. The first-order valence-corrected chi connectivity index (χ1v) is 8.77. The Balaban J connectivity index is 4.57. The molecule has 0 bridgehead atoms. The number of nitrogens with two attached hydrogens (primary N) is 1. The Morgan fingerprint density at radius 2 is 1.65 bits per heavy atom. The second kappa shape index (κ2) is 11.7. The maximum absolute atomic E-state index is 12.0. The predicted octanol–water partition coefficient (Wildman–Crippen LogP) is -2.16. The number of aliphatic hydroxyl groups excluding tert-OH is 1. The Bertz CT molecular complexity index is 514. The number of nitrogens with one attached hydrogen (secondary N) is 3. The van der Waals surface area contributed by atoms with E-state index in [-0.39, 0.29) is 18.2 Å². The molecular weight excluding hydrogens is 364 g/mol. The lowest BCUT2D eigenvalue weighted by Crippen LogP contribution is -2.56. The van der Waals surface area contributed by atoms with E-state index in [1.807, 2.05) is 13.8 Å². The van der Waals surface area contributed by atoms with Crippen molar-refractivity contribution in [1.82, 2.24) is 16.0 Å². The van der Waals surface area contributed by atoms with Crippen molar-refractivity contribution >= 4 is 36.3 Å². The Morgan fingerprint density at radius 1 is 1.08 bits per heavy atom.